The van der Waals surface area contributed by atoms with Crippen LogP contribution in [0.1, 0.15) is 28.8 Å². The number of rotatable bonds is 5. The Balaban J connectivity index is 1.47. The number of aromatic nitrogens is 2. The third-order valence-corrected chi connectivity index (χ3v) is 4.55. The Labute approximate surface area is 148 Å². The predicted octanol–water partition coefficient (Wildman–Crippen LogP) is 1.94. The number of nitrogens with one attached hydrogen (secondary N) is 1. The van der Waals surface area contributed by atoms with E-state index in [4.69, 9.17) is 0 Å². The van der Waals surface area contributed by atoms with Gasteiger partial charge in [0.1, 0.15) is 5.82 Å². The van der Waals surface area contributed by atoms with Gasteiger partial charge in [-0.25, -0.2) is 4.98 Å². The lowest BCUT2D eigenvalue weighted by atomic mass is 10.0. The summed E-state index contributed by atoms with van der Waals surface area (Å²) in [6, 6.07) is 8.04. The monoisotopic (exact) mass is 339 g/mol. The smallest absolute Gasteiger partial charge is 0.253 e. The Morgan fingerprint density at radius 1 is 1.20 bits per heavy atom. The molecule has 1 N–H and O–H groups in total. The van der Waals surface area contributed by atoms with Gasteiger partial charge in [-0.15, -0.1) is 0 Å². The average Bonchev–Trinajstić information content (AvgIpc) is 2.64. The van der Waals surface area contributed by atoms with Crippen LogP contribution in [-0.2, 0) is 6.54 Å². The van der Waals surface area contributed by atoms with Gasteiger partial charge in [0.15, 0.2) is 0 Å². The van der Waals surface area contributed by atoms with E-state index < -0.39 is 0 Å². The van der Waals surface area contributed by atoms with Crippen molar-refractivity contribution in [2.24, 2.45) is 0 Å². The molecule has 132 valence electrons. The summed E-state index contributed by atoms with van der Waals surface area (Å²) in [5.41, 5.74) is 1.90. The first-order chi connectivity index (χ1) is 12.1. The number of hydrogen-bond acceptors (Lipinski definition) is 5. The predicted molar refractivity (Wildman–Crippen MR) is 98.6 cm³/mol. The number of piperidine rings is 1. The number of nitrogens with zero attached hydrogens (tertiary/aromatic N) is 4. The highest BCUT2D eigenvalue weighted by molar-refractivity contribution is 5.94. The minimum atomic E-state index is -0.0367. The van der Waals surface area contributed by atoms with Crippen molar-refractivity contribution in [3.05, 3.63) is 54.0 Å². The molecule has 0 bridgehead atoms. The largest absolute Gasteiger partial charge is 0.363 e. The van der Waals surface area contributed by atoms with Crippen LogP contribution in [0.4, 0.5) is 5.82 Å². The fourth-order valence-electron chi connectivity index (χ4n) is 3.04. The number of carbonyl (C=O) groups is 1. The summed E-state index contributed by atoms with van der Waals surface area (Å²) in [5, 5.41) is 3.14. The number of likely N-dealkylation sites (tertiary alicyclic amines) is 1. The highest BCUT2D eigenvalue weighted by Crippen LogP contribution is 2.14. The average molecular weight is 339 g/mol. The van der Waals surface area contributed by atoms with E-state index in [0.717, 1.165) is 38.3 Å². The maximum atomic E-state index is 12.4. The molecule has 1 saturated heterocycles. The first-order valence-electron chi connectivity index (χ1n) is 8.67. The van der Waals surface area contributed by atoms with Crippen LogP contribution in [0.15, 0.2) is 42.9 Å². The van der Waals surface area contributed by atoms with Crippen molar-refractivity contribution in [1.82, 2.24) is 20.2 Å². The Morgan fingerprint density at radius 3 is 2.52 bits per heavy atom. The summed E-state index contributed by atoms with van der Waals surface area (Å²) in [5.74, 6) is 0.811. The molecule has 1 fully saturated rings. The van der Waals surface area contributed by atoms with Crippen molar-refractivity contribution in [2.45, 2.75) is 25.4 Å². The third-order valence-electron chi connectivity index (χ3n) is 4.55. The van der Waals surface area contributed by atoms with Crippen LogP contribution in [-0.4, -0.2) is 54.0 Å². The third kappa shape index (κ3) is 4.76. The Kier molecular flexibility index (Phi) is 5.60. The molecule has 3 rings (SSSR count). The number of hydrogen-bond donors (Lipinski definition) is 1. The normalized spacial score (nSPS) is 15.8. The van der Waals surface area contributed by atoms with Crippen molar-refractivity contribution < 1.29 is 4.79 Å². The zero-order chi connectivity index (χ0) is 17.6. The summed E-state index contributed by atoms with van der Waals surface area (Å²) < 4.78 is 0. The summed E-state index contributed by atoms with van der Waals surface area (Å²) >= 11 is 0. The van der Waals surface area contributed by atoms with Gasteiger partial charge in [-0.05, 0) is 42.7 Å². The van der Waals surface area contributed by atoms with Gasteiger partial charge in [0, 0.05) is 58.4 Å². The van der Waals surface area contributed by atoms with Gasteiger partial charge in [-0.1, -0.05) is 0 Å². The van der Waals surface area contributed by atoms with Gasteiger partial charge in [0.05, 0.1) is 5.56 Å². The van der Waals surface area contributed by atoms with Crippen molar-refractivity contribution in [1.29, 1.82) is 0 Å². The zero-order valence-corrected chi connectivity index (χ0v) is 14.9. The van der Waals surface area contributed by atoms with E-state index in [1.165, 1.54) is 5.56 Å². The van der Waals surface area contributed by atoms with Crippen LogP contribution in [0.25, 0.3) is 0 Å². The molecule has 0 spiro atoms. The molecule has 6 heteroatoms. The molecule has 2 aromatic heterocycles. The van der Waals surface area contributed by atoms with Gasteiger partial charge in [-0.2, -0.15) is 0 Å². The fourth-order valence-corrected chi connectivity index (χ4v) is 3.04. The summed E-state index contributed by atoms with van der Waals surface area (Å²) in [7, 11) is 3.86. The van der Waals surface area contributed by atoms with Gasteiger partial charge >= 0.3 is 0 Å². The summed E-state index contributed by atoms with van der Waals surface area (Å²) in [6.07, 6.45) is 7.25. The van der Waals surface area contributed by atoms with Gasteiger partial charge in [0.2, 0.25) is 0 Å². The number of pyridine rings is 2. The van der Waals surface area contributed by atoms with Gasteiger partial charge in [-0.3, -0.25) is 14.7 Å². The van der Waals surface area contributed by atoms with Crippen molar-refractivity contribution in [3.63, 3.8) is 0 Å². The molecule has 1 aliphatic heterocycles. The molecule has 1 amide bonds. The second-order valence-corrected chi connectivity index (χ2v) is 6.68. The molecule has 1 aliphatic rings. The van der Waals surface area contributed by atoms with E-state index >= 15 is 0 Å². The Hall–Kier alpha value is -2.47. The SMILES string of the molecule is CN(C)c1ccc(C(=O)NC2CCN(Cc3ccncc3)CC2)cn1. The molecule has 2 aromatic rings. The molecule has 0 saturated carbocycles. The second kappa shape index (κ2) is 8.07. The van der Waals surface area contributed by atoms with Crippen LogP contribution in [0.3, 0.4) is 0 Å². The summed E-state index contributed by atoms with van der Waals surface area (Å²) in [4.78, 5) is 25.1. The van der Waals surface area contributed by atoms with Crippen molar-refractivity contribution in [3.8, 4) is 0 Å². The van der Waals surface area contributed by atoms with Crippen LogP contribution < -0.4 is 10.2 Å². The number of anilines is 1. The minimum absolute atomic E-state index is 0.0367. The first kappa shape index (κ1) is 17.4. The first-order valence-corrected chi connectivity index (χ1v) is 8.67. The minimum Gasteiger partial charge on any atom is -0.363 e. The van der Waals surface area contributed by atoms with Crippen LogP contribution >= 0.6 is 0 Å². The highest BCUT2D eigenvalue weighted by Gasteiger charge is 2.21. The van der Waals surface area contributed by atoms with Crippen molar-refractivity contribution >= 4 is 11.7 Å². The molecule has 0 aromatic carbocycles. The molecular formula is C19H25N5O. The standard InChI is InChI=1S/C19H25N5O/c1-23(2)18-4-3-16(13-21-18)19(25)22-17-7-11-24(12-8-17)14-15-5-9-20-10-6-15/h3-6,9-10,13,17H,7-8,11-12,14H2,1-2H3,(H,22,25). The molecule has 6 nitrogen and oxygen atoms in total. The second-order valence-electron chi connectivity index (χ2n) is 6.68. The number of carbonyl (C=O) groups excluding carboxylic acids is 1. The van der Waals surface area contributed by atoms with Crippen LogP contribution in [0.2, 0.25) is 0 Å². The molecule has 0 radical (unpaired) electrons. The van der Waals surface area contributed by atoms with E-state index in [1.54, 1.807) is 6.20 Å². The molecule has 0 atom stereocenters. The molecule has 25 heavy (non-hydrogen) atoms. The van der Waals surface area contributed by atoms with Gasteiger partial charge < -0.3 is 10.2 Å². The van der Waals surface area contributed by atoms with Gasteiger partial charge in [0.25, 0.3) is 5.91 Å². The van der Waals surface area contributed by atoms with Crippen LogP contribution in [0.5, 0.6) is 0 Å². The maximum absolute atomic E-state index is 12.4. The Morgan fingerprint density at radius 2 is 1.92 bits per heavy atom. The van der Waals surface area contributed by atoms with E-state index in [2.05, 4.69) is 32.3 Å². The molecular weight excluding hydrogens is 314 g/mol. The van der Waals surface area contributed by atoms with E-state index in [1.807, 2.05) is 43.5 Å². The highest BCUT2D eigenvalue weighted by atomic mass is 16.1. The molecule has 0 unspecified atom stereocenters. The zero-order valence-electron chi connectivity index (χ0n) is 14.9. The quantitative estimate of drug-likeness (QED) is 0.902. The van der Waals surface area contributed by atoms with E-state index in [9.17, 15) is 4.79 Å². The Bertz CT molecular complexity index is 679. The van der Waals surface area contributed by atoms with E-state index in [-0.39, 0.29) is 11.9 Å². The lowest BCUT2D eigenvalue weighted by Gasteiger charge is -2.32. The lowest BCUT2D eigenvalue weighted by molar-refractivity contribution is 0.0908. The summed E-state index contributed by atoms with van der Waals surface area (Å²) in [6.45, 7) is 2.93. The fraction of sp³-hybridized carbons (Fsp3) is 0.421. The van der Waals surface area contributed by atoms with E-state index in [0.29, 0.717) is 5.56 Å². The van der Waals surface area contributed by atoms with Crippen molar-refractivity contribution in [2.75, 3.05) is 32.1 Å². The van der Waals surface area contributed by atoms with Crippen LogP contribution in [0, 0.1) is 0 Å². The number of amides is 1. The molecule has 0 aliphatic carbocycles. The molecule has 3 heterocycles. The lowest BCUT2D eigenvalue weighted by Crippen LogP contribution is -2.44. The maximum Gasteiger partial charge on any atom is 0.253 e. The topological polar surface area (TPSA) is 61.4 Å².